The second-order valence-corrected chi connectivity index (χ2v) is 3.86. The van der Waals surface area contributed by atoms with Crippen molar-refractivity contribution in [2.75, 3.05) is 20.2 Å². The van der Waals surface area contributed by atoms with E-state index in [4.69, 9.17) is 4.74 Å². The number of carbonyl (C=O) groups is 1. The van der Waals surface area contributed by atoms with Gasteiger partial charge in [0.1, 0.15) is 0 Å². The monoisotopic (exact) mass is 243 g/mol. The highest BCUT2D eigenvalue weighted by Gasteiger charge is 2.03. The maximum atomic E-state index is 11.1. The molecule has 0 saturated heterocycles. The Labute approximate surface area is 104 Å². The molecule has 2 N–H and O–H groups in total. The van der Waals surface area contributed by atoms with E-state index in [0.717, 1.165) is 25.3 Å². The third kappa shape index (κ3) is 8.54. The highest BCUT2D eigenvalue weighted by atomic mass is 16.5. The molecule has 0 aromatic rings. The molecule has 0 aliphatic rings. The summed E-state index contributed by atoms with van der Waals surface area (Å²) in [6.45, 7) is 7.20. The van der Waals surface area contributed by atoms with Crippen molar-refractivity contribution in [1.29, 1.82) is 0 Å². The first-order chi connectivity index (χ1) is 8.13. The van der Waals surface area contributed by atoms with E-state index in [1.54, 1.807) is 7.05 Å². The van der Waals surface area contributed by atoms with Gasteiger partial charge in [-0.05, 0) is 26.7 Å². The molecule has 0 fully saturated rings. The third-order valence-corrected chi connectivity index (χ3v) is 2.37. The molecular formula is C12H25N3O2. The van der Waals surface area contributed by atoms with Crippen molar-refractivity contribution in [3.63, 3.8) is 0 Å². The quantitative estimate of drug-likeness (QED) is 0.306. The first-order valence-electron chi connectivity index (χ1n) is 6.26. The van der Waals surface area contributed by atoms with Crippen LogP contribution in [0.15, 0.2) is 4.99 Å². The van der Waals surface area contributed by atoms with Gasteiger partial charge in [-0.3, -0.25) is 9.79 Å². The molecule has 0 radical (unpaired) electrons. The number of rotatable bonds is 7. The Morgan fingerprint density at radius 2 is 2.12 bits per heavy atom. The van der Waals surface area contributed by atoms with Crippen molar-refractivity contribution in [2.24, 2.45) is 4.99 Å². The molecule has 100 valence electrons. The van der Waals surface area contributed by atoms with Gasteiger partial charge in [-0.25, -0.2) is 0 Å². The molecule has 0 aliphatic heterocycles. The molecule has 0 aliphatic carbocycles. The van der Waals surface area contributed by atoms with E-state index in [-0.39, 0.29) is 5.97 Å². The Kier molecular flexibility index (Phi) is 9.19. The molecule has 17 heavy (non-hydrogen) atoms. The van der Waals surface area contributed by atoms with E-state index in [1.165, 1.54) is 0 Å². The predicted octanol–water partition coefficient (Wildman–Crippen LogP) is 1.29. The second-order valence-electron chi connectivity index (χ2n) is 3.86. The van der Waals surface area contributed by atoms with Crippen molar-refractivity contribution < 1.29 is 9.53 Å². The number of aliphatic imine (C=N–C) groups is 1. The summed E-state index contributed by atoms with van der Waals surface area (Å²) in [5, 5.41) is 6.42. The maximum absolute atomic E-state index is 11.1. The number of nitrogens with one attached hydrogen (secondary N) is 2. The average molecular weight is 243 g/mol. The Hall–Kier alpha value is -1.26. The van der Waals surface area contributed by atoms with Crippen LogP contribution < -0.4 is 10.6 Å². The number of hydrogen-bond acceptors (Lipinski definition) is 3. The Morgan fingerprint density at radius 3 is 2.65 bits per heavy atom. The summed E-state index contributed by atoms with van der Waals surface area (Å²) >= 11 is 0. The first kappa shape index (κ1) is 15.7. The molecule has 0 aromatic carbocycles. The summed E-state index contributed by atoms with van der Waals surface area (Å²) in [6, 6.07) is 0.395. The highest BCUT2D eigenvalue weighted by Crippen LogP contribution is 1.92. The summed E-state index contributed by atoms with van der Waals surface area (Å²) in [5.74, 6) is 0.641. The predicted molar refractivity (Wildman–Crippen MR) is 70.1 cm³/mol. The zero-order valence-electron chi connectivity index (χ0n) is 11.4. The van der Waals surface area contributed by atoms with E-state index < -0.39 is 0 Å². The Balaban J connectivity index is 3.67. The molecule has 5 nitrogen and oxygen atoms in total. The van der Waals surface area contributed by atoms with Crippen molar-refractivity contribution in [2.45, 2.75) is 46.1 Å². The van der Waals surface area contributed by atoms with Gasteiger partial charge in [0, 0.05) is 26.1 Å². The van der Waals surface area contributed by atoms with E-state index in [9.17, 15) is 4.79 Å². The van der Waals surface area contributed by atoms with Crippen LogP contribution in [0.3, 0.4) is 0 Å². The Morgan fingerprint density at radius 1 is 1.41 bits per heavy atom. The fraction of sp³-hybridized carbons (Fsp3) is 0.833. The van der Waals surface area contributed by atoms with Gasteiger partial charge in [0.15, 0.2) is 5.96 Å². The lowest BCUT2D eigenvalue weighted by Crippen LogP contribution is -2.42. The molecule has 1 atom stereocenters. The fourth-order valence-corrected chi connectivity index (χ4v) is 1.20. The van der Waals surface area contributed by atoms with Crippen LogP contribution in [0.4, 0.5) is 0 Å². The zero-order valence-corrected chi connectivity index (χ0v) is 11.4. The highest BCUT2D eigenvalue weighted by molar-refractivity contribution is 5.79. The molecule has 0 rings (SSSR count). The van der Waals surface area contributed by atoms with E-state index >= 15 is 0 Å². The molecule has 0 amide bonds. The number of ether oxygens (including phenoxy) is 1. The lowest BCUT2D eigenvalue weighted by Gasteiger charge is -2.16. The minimum atomic E-state index is -0.140. The fourth-order valence-electron chi connectivity index (χ4n) is 1.20. The van der Waals surface area contributed by atoms with Crippen LogP contribution in [0.5, 0.6) is 0 Å². The molecule has 0 bridgehead atoms. The van der Waals surface area contributed by atoms with Crippen LogP contribution in [-0.4, -0.2) is 38.2 Å². The molecular weight excluding hydrogens is 218 g/mol. The molecule has 0 saturated carbocycles. The van der Waals surface area contributed by atoms with Gasteiger partial charge in [-0.2, -0.15) is 0 Å². The van der Waals surface area contributed by atoms with Crippen LogP contribution in [0.1, 0.15) is 40.0 Å². The average Bonchev–Trinajstić information content (AvgIpc) is 2.33. The van der Waals surface area contributed by atoms with Crippen LogP contribution in [-0.2, 0) is 9.53 Å². The molecule has 0 spiro atoms. The topological polar surface area (TPSA) is 62.7 Å². The molecule has 5 heteroatoms. The van der Waals surface area contributed by atoms with Gasteiger partial charge in [-0.15, -0.1) is 0 Å². The largest absolute Gasteiger partial charge is 0.466 e. The van der Waals surface area contributed by atoms with Gasteiger partial charge in [0.05, 0.1) is 6.61 Å². The summed E-state index contributed by atoms with van der Waals surface area (Å²) in [7, 11) is 1.74. The van der Waals surface area contributed by atoms with Gasteiger partial charge >= 0.3 is 5.97 Å². The first-order valence-corrected chi connectivity index (χ1v) is 6.26. The van der Waals surface area contributed by atoms with Crippen molar-refractivity contribution in [3.05, 3.63) is 0 Å². The maximum Gasteiger partial charge on any atom is 0.305 e. The minimum absolute atomic E-state index is 0.140. The van der Waals surface area contributed by atoms with Crippen LogP contribution in [0.2, 0.25) is 0 Å². The van der Waals surface area contributed by atoms with E-state index in [0.29, 0.717) is 19.1 Å². The molecule has 0 aromatic heterocycles. The summed E-state index contributed by atoms with van der Waals surface area (Å²) in [4.78, 5) is 15.2. The van der Waals surface area contributed by atoms with Crippen molar-refractivity contribution in [3.8, 4) is 0 Å². The number of nitrogens with zero attached hydrogens (tertiary/aromatic N) is 1. The summed E-state index contributed by atoms with van der Waals surface area (Å²) in [6.07, 6.45) is 2.24. The molecule has 0 heterocycles. The molecule has 1 unspecified atom stereocenters. The van der Waals surface area contributed by atoms with Crippen molar-refractivity contribution >= 4 is 11.9 Å². The zero-order chi connectivity index (χ0) is 13.1. The number of guanidine groups is 1. The lowest BCUT2D eigenvalue weighted by atomic mass is 10.3. The van der Waals surface area contributed by atoms with E-state index in [2.05, 4.69) is 29.5 Å². The van der Waals surface area contributed by atoms with Gasteiger partial charge in [-0.1, -0.05) is 6.92 Å². The van der Waals surface area contributed by atoms with Crippen LogP contribution in [0, 0.1) is 0 Å². The van der Waals surface area contributed by atoms with Crippen LogP contribution >= 0.6 is 0 Å². The van der Waals surface area contributed by atoms with Crippen molar-refractivity contribution in [1.82, 2.24) is 10.6 Å². The van der Waals surface area contributed by atoms with E-state index in [1.807, 2.05) is 6.92 Å². The normalized spacial score (nSPS) is 13.1. The standard InChI is InChI=1S/C12H25N3O2/c1-5-10(3)15-12(13-4)14-9-7-8-11(16)17-6-2/h10H,5-9H2,1-4H3,(H2,13,14,15). The van der Waals surface area contributed by atoms with Gasteiger partial charge in [0.25, 0.3) is 0 Å². The summed E-state index contributed by atoms with van der Waals surface area (Å²) < 4.78 is 4.84. The number of hydrogen-bond donors (Lipinski definition) is 2. The second kappa shape index (κ2) is 9.93. The SMILES string of the molecule is CCOC(=O)CCCNC(=NC)NC(C)CC. The smallest absolute Gasteiger partial charge is 0.305 e. The minimum Gasteiger partial charge on any atom is -0.466 e. The van der Waals surface area contributed by atoms with Gasteiger partial charge < -0.3 is 15.4 Å². The van der Waals surface area contributed by atoms with Crippen LogP contribution in [0.25, 0.3) is 0 Å². The third-order valence-electron chi connectivity index (χ3n) is 2.37. The lowest BCUT2D eigenvalue weighted by molar-refractivity contribution is -0.143. The Bertz CT molecular complexity index is 242. The van der Waals surface area contributed by atoms with Gasteiger partial charge in [0.2, 0.25) is 0 Å². The number of esters is 1. The number of carbonyl (C=O) groups excluding carboxylic acids is 1. The summed E-state index contributed by atoms with van der Waals surface area (Å²) in [5.41, 5.74) is 0.